The summed E-state index contributed by atoms with van der Waals surface area (Å²) in [7, 11) is 0. The van der Waals surface area contributed by atoms with Crippen LogP contribution in [0.5, 0.6) is 0 Å². The second kappa shape index (κ2) is 5.34. The van der Waals surface area contributed by atoms with Crippen molar-refractivity contribution in [3.63, 3.8) is 0 Å². The molecule has 0 saturated carbocycles. The predicted octanol–water partition coefficient (Wildman–Crippen LogP) is 3.28. The third-order valence-electron chi connectivity index (χ3n) is 1.72. The number of nitrogens with one attached hydrogen (secondary N) is 1. The van der Waals surface area contributed by atoms with E-state index in [4.69, 9.17) is 0 Å². The molecule has 3 heteroatoms. The molecule has 2 nitrogen and oxygen atoms in total. The molecule has 0 aliphatic heterocycles. The first kappa shape index (κ1) is 11.5. The van der Waals surface area contributed by atoms with E-state index in [-0.39, 0.29) is 5.91 Å². The average Bonchev–Trinajstić information content (AvgIpc) is 2.07. The molecule has 1 N–H and O–H groups in total. The van der Waals surface area contributed by atoms with Crippen LogP contribution in [0.1, 0.15) is 20.3 Å². The first-order valence-electron chi connectivity index (χ1n) is 4.63. The molecule has 0 aliphatic rings. The van der Waals surface area contributed by atoms with Crippen LogP contribution in [0.3, 0.4) is 0 Å². The minimum atomic E-state index is 0.0845. The Bertz CT molecular complexity index is 306. The van der Waals surface area contributed by atoms with Crippen molar-refractivity contribution < 1.29 is 4.79 Å². The van der Waals surface area contributed by atoms with E-state index >= 15 is 0 Å². The summed E-state index contributed by atoms with van der Waals surface area (Å²) < 4.78 is 1.17. The number of halogens is 1. The van der Waals surface area contributed by atoms with Crippen molar-refractivity contribution in [1.82, 2.24) is 0 Å². The SMILES string of the molecule is CC(C)CC(=O)Nc1ccc(I)cc1. The van der Waals surface area contributed by atoms with Gasteiger partial charge in [-0.15, -0.1) is 0 Å². The molecule has 14 heavy (non-hydrogen) atoms. The van der Waals surface area contributed by atoms with Gasteiger partial charge in [0.25, 0.3) is 0 Å². The number of carbonyl (C=O) groups is 1. The Labute approximate surface area is 98.2 Å². The molecule has 0 heterocycles. The number of benzene rings is 1. The first-order chi connectivity index (χ1) is 6.58. The average molecular weight is 303 g/mol. The molecule has 1 aromatic rings. The Morgan fingerprint density at radius 3 is 2.43 bits per heavy atom. The van der Waals surface area contributed by atoms with Gasteiger partial charge in [0.05, 0.1) is 0 Å². The van der Waals surface area contributed by atoms with Crippen molar-refractivity contribution >= 4 is 34.2 Å². The molecule has 0 radical (unpaired) electrons. The standard InChI is InChI=1S/C11H14INO/c1-8(2)7-11(14)13-10-5-3-9(12)4-6-10/h3-6,8H,7H2,1-2H3,(H,13,14). The summed E-state index contributed by atoms with van der Waals surface area (Å²) in [4.78, 5) is 11.4. The summed E-state index contributed by atoms with van der Waals surface area (Å²) in [5.74, 6) is 0.486. The van der Waals surface area contributed by atoms with Crippen LogP contribution in [0, 0.1) is 9.49 Å². The van der Waals surface area contributed by atoms with Crippen LogP contribution in [0.25, 0.3) is 0 Å². The van der Waals surface area contributed by atoms with Gasteiger partial charge in [-0.25, -0.2) is 0 Å². The van der Waals surface area contributed by atoms with Crippen LogP contribution in [-0.2, 0) is 4.79 Å². The molecule has 0 bridgehead atoms. The normalized spacial score (nSPS) is 10.3. The van der Waals surface area contributed by atoms with Crippen molar-refractivity contribution in [1.29, 1.82) is 0 Å². The van der Waals surface area contributed by atoms with Gasteiger partial charge in [-0.05, 0) is 52.8 Å². The fraction of sp³-hybridized carbons (Fsp3) is 0.364. The lowest BCUT2D eigenvalue weighted by atomic mass is 10.1. The molecule has 0 aromatic heterocycles. The molecule has 0 aliphatic carbocycles. The van der Waals surface area contributed by atoms with Crippen molar-refractivity contribution in [3.05, 3.63) is 27.8 Å². The van der Waals surface area contributed by atoms with Crippen LogP contribution in [0.2, 0.25) is 0 Å². The molecule has 0 unspecified atom stereocenters. The summed E-state index contributed by atoms with van der Waals surface area (Å²) in [6, 6.07) is 7.79. The van der Waals surface area contributed by atoms with E-state index in [0.29, 0.717) is 12.3 Å². The number of hydrogen-bond donors (Lipinski definition) is 1. The number of carbonyl (C=O) groups excluding carboxylic acids is 1. The smallest absolute Gasteiger partial charge is 0.224 e. The summed E-state index contributed by atoms with van der Waals surface area (Å²) in [5, 5.41) is 2.86. The van der Waals surface area contributed by atoms with Gasteiger partial charge in [0.15, 0.2) is 0 Å². The Kier molecular flexibility index (Phi) is 4.38. The second-order valence-electron chi connectivity index (χ2n) is 3.65. The summed E-state index contributed by atoms with van der Waals surface area (Å²) in [6.45, 7) is 4.07. The molecule has 0 fully saturated rings. The largest absolute Gasteiger partial charge is 0.326 e. The van der Waals surface area contributed by atoms with Gasteiger partial charge in [0, 0.05) is 15.7 Å². The molecule has 1 amide bonds. The lowest BCUT2D eigenvalue weighted by Crippen LogP contribution is -2.13. The lowest BCUT2D eigenvalue weighted by molar-refractivity contribution is -0.116. The van der Waals surface area contributed by atoms with Gasteiger partial charge in [-0.3, -0.25) is 4.79 Å². The van der Waals surface area contributed by atoms with E-state index in [9.17, 15) is 4.79 Å². The summed E-state index contributed by atoms with van der Waals surface area (Å²) >= 11 is 2.24. The highest BCUT2D eigenvalue weighted by Gasteiger charge is 2.04. The van der Waals surface area contributed by atoms with Gasteiger partial charge in [-0.2, -0.15) is 0 Å². The van der Waals surface area contributed by atoms with Gasteiger partial charge in [0.1, 0.15) is 0 Å². The van der Waals surface area contributed by atoms with Crippen LogP contribution < -0.4 is 5.32 Å². The summed E-state index contributed by atoms with van der Waals surface area (Å²) in [6.07, 6.45) is 0.575. The fourth-order valence-electron chi connectivity index (χ4n) is 1.12. The van der Waals surface area contributed by atoms with Crippen LogP contribution in [0.15, 0.2) is 24.3 Å². The maximum atomic E-state index is 11.4. The zero-order valence-corrected chi connectivity index (χ0v) is 10.5. The van der Waals surface area contributed by atoms with Crippen LogP contribution in [0.4, 0.5) is 5.69 Å². The van der Waals surface area contributed by atoms with Gasteiger partial charge >= 0.3 is 0 Å². The first-order valence-corrected chi connectivity index (χ1v) is 5.71. The number of amides is 1. The number of rotatable bonds is 3. The molecular formula is C11H14INO. The second-order valence-corrected chi connectivity index (χ2v) is 4.90. The lowest BCUT2D eigenvalue weighted by Gasteiger charge is -2.06. The molecule has 0 saturated heterocycles. The molecule has 1 rings (SSSR count). The van der Waals surface area contributed by atoms with E-state index in [2.05, 4.69) is 27.9 Å². The quantitative estimate of drug-likeness (QED) is 0.853. The number of hydrogen-bond acceptors (Lipinski definition) is 1. The van der Waals surface area contributed by atoms with E-state index in [1.54, 1.807) is 0 Å². The van der Waals surface area contributed by atoms with E-state index < -0.39 is 0 Å². The highest BCUT2D eigenvalue weighted by Crippen LogP contribution is 2.12. The third kappa shape index (κ3) is 4.09. The third-order valence-corrected chi connectivity index (χ3v) is 2.44. The molecule has 0 atom stereocenters. The maximum absolute atomic E-state index is 11.4. The topological polar surface area (TPSA) is 29.1 Å². The van der Waals surface area contributed by atoms with Crippen LogP contribution >= 0.6 is 22.6 Å². The Morgan fingerprint density at radius 1 is 1.36 bits per heavy atom. The molecule has 0 spiro atoms. The van der Waals surface area contributed by atoms with Gasteiger partial charge in [0.2, 0.25) is 5.91 Å². The zero-order chi connectivity index (χ0) is 10.6. The van der Waals surface area contributed by atoms with E-state index in [1.807, 2.05) is 38.1 Å². The molecular weight excluding hydrogens is 289 g/mol. The zero-order valence-electron chi connectivity index (χ0n) is 8.38. The summed E-state index contributed by atoms with van der Waals surface area (Å²) in [5.41, 5.74) is 0.871. The monoisotopic (exact) mass is 303 g/mol. The minimum Gasteiger partial charge on any atom is -0.326 e. The Balaban J connectivity index is 2.52. The highest BCUT2D eigenvalue weighted by atomic mass is 127. The molecule has 76 valence electrons. The Morgan fingerprint density at radius 2 is 1.93 bits per heavy atom. The van der Waals surface area contributed by atoms with Crippen molar-refractivity contribution in [2.75, 3.05) is 5.32 Å². The van der Waals surface area contributed by atoms with Gasteiger partial charge < -0.3 is 5.32 Å². The van der Waals surface area contributed by atoms with Crippen molar-refractivity contribution in [2.45, 2.75) is 20.3 Å². The van der Waals surface area contributed by atoms with E-state index in [0.717, 1.165) is 5.69 Å². The fourth-order valence-corrected chi connectivity index (χ4v) is 1.48. The van der Waals surface area contributed by atoms with Crippen molar-refractivity contribution in [3.8, 4) is 0 Å². The Hall–Kier alpha value is -0.580. The minimum absolute atomic E-state index is 0.0845. The van der Waals surface area contributed by atoms with Crippen molar-refractivity contribution in [2.24, 2.45) is 5.92 Å². The van der Waals surface area contributed by atoms with Gasteiger partial charge in [-0.1, -0.05) is 13.8 Å². The molecule has 1 aromatic carbocycles. The highest BCUT2D eigenvalue weighted by molar-refractivity contribution is 14.1. The predicted molar refractivity (Wildman–Crippen MR) is 67.2 cm³/mol. The van der Waals surface area contributed by atoms with E-state index in [1.165, 1.54) is 3.57 Å². The van der Waals surface area contributed by atoms with Crippen LogP contribution in [-0.4, -0.2) is 5.91 Å². The maximum Gasteiger partial charge on any atom is 0.224 e. The number of anilines is 1.